The van der Waals surface area contributed by atoms with Crippen molar-refractivity contribution < 1.29 is 3.07 Å². The average Bonchev–Trinajstić information content (AvgIpc) is 3.17. The smallest absolute Gasteiger partial charge is 0.161 e. The molecule has 0 fully saturated rings. The summed E-state index contributed by atoms with van der Waals surface area (Å²) in [6.45, 7) is 0.665. The van der Waals surface area contributed by atoms with Crippen LogP contribution in [-0.4, -0.2) is 26.4 Å². The molecule has 0 N–H and O–H groups in total. The molecule has 5 nitrogen and oxygen atoms in total. The minimum absolute atomic E-state index is 0.665. The van der Waals surface area contributed by atoms with E-state index in [9.17, 15) is 0 Å². The molecule has 6 heteroatoms. The monoisotopic (exact) mass is 442 g/mol. The second-order valence-electron chi connectivity index (χ2n) is 5.63. The largest absolute Gasteiger partial charge is 0.315 e. The zero-order valence-electron chi connectivity index (χ0n) is 13.3. The van der Waals surface area contributed by atoms with Gasteiger partial charge < -0.3 is 3.07 Å². The van der Waals surface area contributed by atoms with Crippen molar-refractivity contribution in [1.82, 2.24) is 19.7 Å². The van der Waals surface area contributed by atoms with Crippen molar-refractivity contribution in [2.45, 2.75) is 6.42 Å². The molecule has 0 radical (unpaired) electrons. The van der Waals surface area contributed by atoms with Gasteiger partial charge in [-0.05, 0) is 23.4 Å². The van der Waals surface area contributed by atoms with Gasteiger partial charge in [-0.2, -0.15) is 5.10 Å². The lowest BCUT2D eigenvalue weighted by Crippen LogP contribution is -2.02. The van der Waals surface area contributed by atoms with Crippen LogP contribution in [0.1, 0.15) is 5.56 Å². The molecule has 4 rings (SSSR count). The molecule has 25 heavy (non-hydrogen) atoms. The average molecular weight is 442 g/mol. The molecule has 124 valence electrons. The summed E-state index contributed by atoms with van der Waals surface area (Å²) in [6.07, 6.45) is 10.2. The Bertz CT molecular complexity index is 1000. The number of hydrogen-bond acceptors (Lipinski definition) is 4. The molecular formula is C19H15IN4O. The molecule has 0 spiro atoms. The second kappa shape index (κ2) is 7.28. The maximum absolute atomic E-state index is 5.18. The summed E-state index contributed by atoms with van der Waals surface area (Å²) >= 11 is 1.92. The number of nitrogens with zero attached hydrogens (tertiary/aromatic N) is 4. The summed E-state index contributed by atoms with van der Waals surface area (Å²) in [5, 5.41) is 6.76. The summed E-state index contributed by atoms with van der Waals surface area (Å²) in [5.41, 5.74) is 3.23. The topological polar surface area (TPSA) is 52.8 Å². The maximum Gasteiger partial charge on any atom is 0.161 e. The van der Waals surface area contributed by atoms with Crippen LogP contribution in [0.2, 0.25) is 0 Å². The van der Waals surface area contributed by atoms with E-state index in [2.05, 4.69) is 27.2 Å². The molecular weight excluding hydrogens is 427 g/mol. The van der Waals surface area contributed by atoms with Crippen LogP contribution >= 0.6 is 23.0 Å². The molecule has 3 aromatic heterocycles. The fourth-order valence-corrected chi connectivity index (χ4v) is 3.11. The standard InChI is InChI=1S/C19H15IN4O/c20-25-9-7-15-11-22-19(18-6-2-1-5-17(15)18)24-13-16(12-23-24)14-4-3-8-21-10-14/h1-6,8,10-13H,7,9H2. The van der Waals surface area contributed by atoms with E-state index in [4.69, 9.17) is 3.07 Å². The summed E-state index contributed by atoms with van der Waals surface area (Å²) in [4.78, 5) is 8.83. The van der Waals surface area contributed by atoms with Crippen molar-refractivity contribution in [3.8, 4) is 16.9 Å². The maximum atomic E-state index is 5.18. The van der Waals surface area contributed by atoms with Crippen LogP contribution < -0.4 is 0 Å². The third kappa shape index (κ3) is 3.27. The summed E-state index contributed by atoms with van der Waals surface area (Å²) in [6, 6.07) is 12.2. The number of hydrogen-bond donors (Lipinski definition) is 0. The SMILES string of the molecule is IOCCc1cnc(-n2cc(-c3cccnc3)cn2)c2ccccc12. The normalized spacial score (nSPS) is 11.1. The molecule has 0 saturated heterocycles. The Hall–Kier alpha value is -2.32. The van der Waals surface area contributed by atoms with Crippen LogP contribution in [0, 0.1) is 0 Å². The van der Waals surface area contributed by atoms with Gasteiger partial charge in [0.25, 0.3) is 0 Å². The van der Waals surface area contributed by atoms with Crippen LogP contribution in [0.5, 0.6) is 0 Å². The summed E-state index contributed by atoms with van der Waals surface area (Å²) in [5.74, 6) is 0.824. The Kier molecular flexibility index (Phi) is 4.71. The number of benzene rings is 1. The number of fused-ring (bicyclic) bond motifs is 1. The first-order valence-corrected chi connectivity index (χ1v) is 8.80. The van der Waals surface area contributed by atoms with Gasteiger partial charge in [-0.3, -0.25) is 4.98 Å². The fourth-order valence-electron chi connectivity index (χ4n) is 2.89. The Labute approximate surface area is 159 Å². The van der Waals surface area contributed by atoms with Gasteiger partial charge in [0.1, 0.15) is 23.0 Å². The van der Waals surface area contributed by atoms with Crippen LogP contribution in [0.3, 0.4) is 0 Å². The van der Waals surface area contributed by atoms with Gasteiger partial charge >= 0.3 is 0 Å². The van der Waals surface area contributed by atoms with E-state index >= 15 is 0 Å². The Morgan fingerprint density at radius 2 is 1.84 bits per heavy atom. The minimum Gasteiger partial charge on any atom is -0.315 e. The molecule has 0 saturated carbocycles. The van der Waals surface area contributed by atoms with Crippen molar-refractivity contribution in [1.29, 1.82) is 0 Å². The molecule has 0 bridgehead atoms. The van der Waals surface area contributed by atoms with Crippen molar-refractivity contribution in [3.05, 3.63) is 72.9 Å². The highest BCUT2D eigenvalue weighted by Gasteiger charge is 2.11. The lowest BCUT2D eigenvalue weighted by Gasteiger charge is -2.10. The Balaban J connectivity index is 1.79. The second-order valence-corrected chi connectivity index (χ2v) is 6.25. The molecule has 0 aliphatic heterocycles. The highest BCUT2D eigenvalue weighted by molar-refractivity contribution is 14.1. The minimum atomic E-state index is 0.665. The molecule has 0 atom stereocenters. The molecule has 0 amide bonds. The predicted octanol–water partition coefficient (Wildman–Crippen LogP) is 4.39. The molecule has 4 aromatic rings. The van der Waals surface area contributed by atoms with E-state index in [1.54, 1.807) is 6.20 Å². The Morgan fingerprint density at radius 1 is 0.960 bits per heavy atom. The highest BCUT2D eigenvalue weighted by Crippen LogP contribution is 2.25. The van der Waals surface area contributed by atoms with E-state index < -0.39 is 0 Å². The van der Waals surface area contributed by atoms with Crippen LogP contribution in [0.4, 0.5) is 0 Å². The lowest BCUT2D eigenvalue weighted by molar-refractivity contribution is 0.432. The molecule has 0 aliphatic rings. The fraction of sp³-hybridized carbons (Fsp3) is 0.105. The van der Waals surface area contributed by atoms with Gasteiger partial charge in [0.2, 0.25) is 0 Å². The first-order valence-electron chi connectivity index (χ1n) is 7.92. The highest BCUT2D eigenvalue weighted by atomic mass is 127. The third-order valence-electron chi connectivity index (χ3n) is 4.10. The van der Waals surface area contributed by atoms with E-state index in [1.807, 2.05) is 76.7 Å². The number of pyridine rings is 2. The van der Waals surface area contributed by atoms with E-state index in [0.29, 0.717) is 6.61 Å². The number of rotatable bonds is 5. The molecule has 0 unspecified atom stereocenters. The zero-order valence-corrected chi connectivity index (χ0v) is 15.5. The lowest BCUT2D eigenvalue weighted by atomic mass is 10.1. The van der Waals surface area contributed by atoms with E-state index in [0.717, 1.165) is 28.8 Å². The van der Waals surface area contributed by atoms with Gasteiger partial charge in [0.15, 0.2) is 5.82 Å². The summed E-state index contributed by atoms with van der Waals surface area (Å²) < 4.78 is 7.00. The van der Waals surface area contributed by atoms with Crippen molar-refractivity contribution in [3.63, 3.8) is 0 Å². The Morgan fingerprint density at radius 3 is 2.64 bits per heavy atom. The van der Waals surface area contributed by atoms with Gasteiger partial charge in [-0.15, -0.1) is 0 Å². The van der Waals surface area contributed by atoms with Crippen molar-refractivity contribution in [2.75, 3.05) is 6.61 Å². The van der Waals surface area contributed by atoms with Crippen molar-refractivity contribution >= 4 is 33.8 Å². The van der Waals surface area contributed by atoms with Gasteiger partial charge in [0.05, 0.1) is 12.8 Å². The van der Waals surface area contributed by atoms with Crippen molar-refractivity contribution in [2.24, 2.45) is 0 Å². The predicted molar refractivity (Wildman–Crippen MR) is 106 cm³/mol. The number of aromatic nitrogens is 4. The molecule has 1 aromatic carbocycles. The summed E-state index contributed by atoms with van der Waals surface area (Å²) in [7, 11) is 0. The van der Waals surface area contributed by atoms with E-state index in [-0.39, 0.29) is 0 Å². The van der Waals surface area contributed by atoms with Gasteiger partial charge in [-0.25, -0.2) is 9.67 Å². The molecule has 3 heterocycles. The van der Waals surface area contributed by atoms with E-state index in [1.165, 1.54) is 10.9 Å². The van der Waals surface area contributed by atoms with Gasteiger partial charge in [0, 0.05) is 41.3 Å². The molecule has 0 aliphatic carbocycles. The first-order chi connectivity index (χ1) is 12.4. The number of halogens is 1. The van der Waals surface area contributed by atoms with Crippen LogP contribution in [0.15, 0.2) is 67.4 Å². The van der Waals surface area contributed by atoms with Crippen LogP contribution in [0.25, 0.3) is 27.7 Å². The quantitative estimate of drug-likeness (QED) is 0.431. The van der Waals surface area contributed by atoms with Gasteiger partial charge in [-0.1, -0.05) is 30.3 Å². The third-order valence-corrected chi connectivity index (χ3v) is 4.54. The van der Waals surface area contributed by atoms with Crippen LogP contribution in [-0.2, 0) is 9.49 Å². The zero-order chi connectivity index (χ0) is 17.1. The first kappa shape index (κ1) is 16.2.